The number of fused-ring (bicyclic) bond motifs is 2. The minimum absolute atomic E-state index is 0. The van der Waals surface area contributed by atoms with Crippen LogP contribution in [0.15, 0.2) is 43.9 Å². The van der Waals surface area contributed by atoms with Crippen molar-refractivity contribution in [3.05, 3.63) is 40.1 Å². The number of carbonyl (C=O) groups excluding carboxylic acids is 3. The Balaban J connectivity index is 0.00000336. The molecule has 2 amide bonds. The van der Waals surface area contributed by atoms with Crippen LogP contribution in [0.3, 0.4) is 0 Å². The number of nitrogens with one attached hydrogen (secondary N) is 1. The van der Waals surface area contributed by atoms with E-state index in [4.69, 9.17) is 10.6 Å². The molecule has 1 fully saturated rings. The van der Waals surface area contributed by atoms with E-state index in [-0.39, 0.29) is 58.4 Å². The predicted molar refractivity (Wildman–Crippen MR) is 132 cm³/mol. The molecule has 0 radical (unpaired) electrons. The Labute approximate surface area is 248 Å². The Hall–Kier alpha value is -2.63. The van der Waals surface area contributed by atoms with Crippen molar-refractivity contribution in [3.8, 4) is 0 Å². The van der Waals surface area contributed by atoms with E-state index >= 15 is 0 Å². The molecule has 2 aliphatic rings. The molecule has 17 heteroatoms. The maximum absolute atomic E-state index is 13.0. The van der Waals surface area contributed by atoms with Gasteiger partial charge in [-0.05, 0) is 18.9 Å². The number of nitrogens with zero attached hydrogens (tertiary/aromatic N) is 5. The van der Waals surface area contributed by atoms with Crippen LogP contribution in [-0.4, -0.2) is 68.7 Å². The van der Waals surface area contributed by atoms with Crippen LogP contribution in [0.4, 0.5) is 9.52 Å². The van der Waals surface area contributed by atoms with Crippen LogP contribution in [0.5, 0.6) is 0 Å². The van der Waals surface area contributed by atoms with Crippen molar-refractivity contribution in [2.75, 3.05) is 19.0 Å². The normalized spacial score (nSPS) is 19.0. The van der Waals surface area contributed by atoms with Gasteiger partial charge in [-0.2, -0.15) is 0 Å². The molecule has 0 bridgehead atoms. The number of hydrogen-bond acceptors (Lipinski definition) is 13. The number of carbonyl (C=O) groups is 3. The molecule has 3 aromatic heterocycles. The van der Waals surface area contributed by atoms with E-state index in [1.165, 1.54) is 28.5 Å². The first kappa shape index (κ1) is 28.4. The standard InChI is InChI=1S/C21H18FN7O5S3.Na/c22-4-6-34-28-14(10-8-35-20(23)25-10)17(30)27-15-11-1-2-13(16(19(32)33)29(11)18(15)31)37-21-26-9-7-24-5-3-12(9)36-21;/h3,5,7-8,11,15H,1-2,4,6H2,(H2,23,25)(H,27,30)(H,32,33);/q;+1/p-1/b28-14-;/t11-,15+;/m0./s1. The molecule has 192 valence electrons. The second-order valence-electron chi connectivity index (χ2n) is 7.78. The maximum Gasteiger partial charge on any atom is 1.00 e. The Kier molecular flexibility index (Phi) is 9.00. The molecule has 5 heterocycles. The molecular weight excluding hydrogens is 568 g/mol. The number of allylic oxidation sites excluding steroid dienone is 1. The van der Waals surface area contributed by atoms with Crippen molar-refractivity contribution in [2.24, 2.45) is 5.16 Å². The van der Waals surface area contributed by atoms with E-state index in [2.05, 4.69) is 25.4 Å². The van der Waals surface area contributed by atoms with Gasteiger partial charge in [0.25, 0.3) is 11.8 Å². The fraction of sp³-hybridized carbons (Fsp3) is 0.286. The van der Waals surface area contributed by atoms with Crippen molar-refractivity contribution in [1.82, 2.24) is 25.2 Å². The van der Waals surface area contributed by atoms with E-state index in [0.29, 0.717) is 27.6 Å². The third-order valence-corrected chi connectivity index (χ3v) is 8.47. The Morgan fingerprint density at radius 3 is 2.89 bits per heavy atom. The van der Waals surface area contributed by atoms with E-state index < -0.39 is 36.5 Å². The smallest absolute Gasteiger partial charge is 0.543 e. The Morgan fingerprint density at radius 2 is 2.21 bits per heavy atom. The molecule has 38 heavy (non-hydrogen) atoms. The van der Waals surface area contributed by atoms with Crippen molar-refractivity contribution < 1.29 is 58.3 Å². The molecule has 12 nitrogen and oxygen atoms in total. The van der Waals surface area contributed by atoms with Gasteiger partial charge >= 0.3 is 29.6 Å². The van der Waals surface area contributed by atoms with Gasteiger partial charge in [0.15, 0.2) is 15.2 Å². The van der Waals surface area contributed by atoms with E-state index in [1.807, 2.05) is 6.07 Å². The summed E-state index contributed by atoms with van der Waals surface area (Å²) in [6, 6.07) is 0.222. The summed E-state index contributed by atoms with van der Waals surface area (Å²) < 4.78 is 14.0. The molecule has 0 spiro atoms. The number of halogens is 1. The van der Waals surface area contributed by atoms with Gasteiger partial charge in [0.2, 0.25) is 0 Å². The van der Waals surface area contributed by atoms with Gasteiger partial charge in [-0.15, -0.1) is 22.7 Å². The molecule has 0 saturated carbocycles. The summed E-state index contributed by atoms with van der Waals surface area (Å²) in [5, 5.41) is 19.9. The Morgan fingerprint density at radius 1 is 1.39 bits per heavy atom. The van der Waals surface area contributed by atoms with Crippen LogP contribution in [0, 0.1) is 0 Å². The number of carboxylic acid groups (broad SMARTS) is 1. The van der Waals surface area contributed by atoms with E-state index in [9.17, 15) is 23.9 Å². The fourth-order valence-electron chi connectivity index (χ4n) is 3.98. The van der Waals surface area contributed by atoms with E-state index in [1.54, 1.807) is 12.4 Å². The minimum atomic E-state index is -1.49. The zero-order valence-electron chi connectivity index (χ0n) is 19.7. The quantitative estimate of drug-likeness (QED) is 0.0911. The number of aromatic nitrogens is 3. The number of pyridine rings is 1. The molecule has 1 saturated heterocycles. The number of hydrogen-bond donors (Lipinski definition) is 2. The first-order valence-corrected chi connectivity index (χ1v) is 13.3. The third kappa shape index (κ3) is 5.55. The van der Waals surface area contributed by atoms with E-state index in [0.717, 1.165) is 20.9 Å². The zero-order chi connectivity index (χ0) is 26.1. The van der Waals surface area contributed by atoms with Crippen LogP contribution in [0.2, 0.25) is 0 Å². The summed E-state index contributed by atoms with van der Waals surface area (Å²) in [6.45, 7) is -1.19. The number of nitrogens with two attached hydrogens (primary N) is 1. The number of nitrogen functional groups attached to an aromatic ring is 1. The van der Waals surface area contributed by atoms with Gasteiger partial charge in [-0.1, -0.05) is 16.9 Å². The SMILES string of the molecule is Nc1nc(/C(=N/OCCF)C(=O)N[C@H]2C(=O)N3C(C(=O)[O-])=C(Sc4nc5cnccc5s4)CC[C@@H]23)cs1.[Na+]. The van der Waals surface area contributed by atoms with Crippen molar-refractivity contribution in [3.63, 3.8) is 0 Å². The Bertz CT molecular complexity index is 1430. The van der Waals surface area contributed by atoms with Gasteiger partial charge in [0, 0.05) is 16.5 Å². The van der Waals surface area contributed by atoms with Crippen LogP contribution in [0.25, 0.3) is 10.2 Å². The van der Waals surface area contributed by atoms with Gasteiger partial charge in [0.05, 0.1) is 28.6 Å². The molecule has 0 aromatic carbocycles. The summed E-state index contributed by atoms with van der Waals surface area (Å²) in [6.07, 6.45) is 4.00. The average Bonchev–Trinajstić information content (AvgIpc) is 3.50. The monoisotopic (exact) mass is 585 g/mol. The topological polar surface area (TPSA) is 176 Å². The molecule has 3 N–H and O–H groups in total. The minimum Gasteiger partial charge on any atom is -0.543 e. The number of amides is 2. The van der Waals surface area contributed by atoms with Crippen molar-refractivity contribution in [1.29, 1.82) is 0 Å². The number of carboxylic acids is 1. The zero-order valence-corrected chi connectivity index (χ0v) is 24.2. The summed E-state index contributed by atoms with van der Waals surface area (Å²) >= 11 is 3.62. The average molecular weight is 586 g/mol. The summed E-state index contributed by atoms with van der Waals surface area (Å²) in [5.74, 6) is -2.89. The van der Waals surface area contributed by atoms with Crippen LogP contribution in [-0.2, 0) is 19.2 Å². The summed E-state index contributed by atoms with van der Waals surface area (Å²) in [5.41, 5.74) is 5.92. The number of alkyl halides is 1. The van der Waals surface area contributed by atoms with Gasteiger partial charge in [-0.3, -0.25) is 14.6 Å². The van der Waals surface area contributed by atoms with Gasteiger partial charge in [0.1, 0.15) is 30.5 Å². The predicted octanol–water partition coefficient (Wildman–Crippen LogP) is -2.33. The second-order valence-corrected chi connectivity index (χ2v) is 11.0. The van der Waals surface area contributed by atoms with Gasteiger partial charge < -0.3 is 30.7 Å². The molecule has 5 rings (SSSR count). The first-order valence-electron chi connectivity index (χ1n) is 10.8. The van der Waals surface area contributed by atoms with Crippen molar-refractivity contribution >= 4 is 73.3 Å². The third-order valence-electron chi connectivity index (χ3n) is 5.56. The largest absolute Gasteiger partial charge is 1.00 e. The maximum atomic E-state index is 13.0. The van der Waals surface area contributed by atoms with Crippen LogP contribution in [0.1, 0.15) is 18.5 Å². The number of anilines is 1. The summed E-state index contributed by atoms with van der Waals surface area (Å²) in [7, 11) is 0. The number of aliphatic carboxylic acids is 1. The number of β-lactam (4-membered cyclic amide) rings is 1. The fourth-order valence-corrected chi connectivity index (χ4v) is 6.78. The number of thiazole rings is 2. The molecule has 3 aromatic rings. The number of thioether (sulfide) groups is 1. The summed E-state index contributed by atoms with van der Waals surface area (Å²) in [4.78, 5) is 56.9. The van der Waals surface area contributed by atoms with Crippen molar-refractivity contribution in [2.45, 2.75) is 29.3 Å². The van der Waals surface area contributed by atoms with Crippen LogP contribution < -0.4 is 45.7 Å². The molecule has 0 unspecified atom stereocenters. The molecule has 2 atom stereocenters. The number of rotatable bonds is 9. The van der Waals surface area contributed by atoms with Crippen LogP contribution >= 0.6 is 34.4 Å². The molecular formula is C21H17FN7NaO5S3. The van der Waals surface area contributed by atoms with Gasteiger partial charge in [-0.25, -0.2) is 14.4 Å². The molecule has 2 aliphatic heterocycles. The second kappa shape index (κ2) is 12.0. The number of oxime groups is 1. The first-order chi connectivity index (χ1) is 17.9. The molecule has 0 aliphatic carbocycles.